The molecular weight excluding hydrogens is 232 g/mol. The summed E-state index contributed by atoms with van der Waals surface area (Å²) in [6.07, 6.45) is 0.996. The molecule has 0 heterocycles. The first kappa shape index (κ1) is 16.2. The summed E-state index contributed by atoms with van der Waals surface area (Å²) in [5.74, 6) is 0. The zero-order valence-electron chi connectivity index (χ0n) is 13.4. The summed E-state index contributed by atoms with van der Waals surface area (Å²) in [6.45, 7) is 15.1. The zero-order chi connectivity index (χ0) is 14.7. The van der Waals surface area contributed by atoms with Gasteiger partial charge in [0.25, 0.3) is 0 Å². The highest BCUT2D eigenvalue weighted by atomic mass is 15.0. The number of benzene rings is 1. The van der Waals surface area contributed by atoms with Gasteiger partial charge in [-0.1, -0.05) is 32.0 Å². The van der Waals surface area contributed by atoms with Crippen LogP contribution in [0.2, 0.25) is 0 Å². The van der Waals surface area contributed by atoms with E-state index in [1.807, 2.05) is 0 Å². The molecule has 0 aliphatic carbocycles. The van der Waals surface area contributed by atoms with Gasteiger partial charge < -0.3 is 11.1 Å². The molecule has 0 spiro atoms. The van der Waals surface area contributed by atoms with E-state index in [2.05, 4.69) is 65.1 Å². The van der Waals surface area contributed by atoms with Crippen molar-refractivity contribution in [2.75, 3.05) is 13.1 Å². The second kappa shape index (κ2) is 6.06. The van der Waals surface area contributed by atoms with Gasteiger partial charge in [-0.15, -0.1) is 0 Å². The van der Waals surface area contributed by atoms with E-state index in [0.29, 0.717) is 0 Å². The van der Waals surface area contributed by atoms with E-state index in [0.717, 1.165) is 19.5 Å². The van der Waals surface area contributed by atoms with E-state index in [1.54, 1.807) is 0 Å². The molecule has 1 rings (SSSR count). The molecule has 2 heteroatoms. The quantitative estimate of drug-likeness (QED) is 0.825. The van der Waals surface area contributed by atoms with Crippen LogP contribution in [0.25, 0.3) is 0 Å². The van der Waals surface area contributed by atoms with E-state index < -0.39 is 0 Å². The summed E-state index contributed by atoms with van der Waals surface area (Å²) in [7, 11) is 0. The Morgan fingerprint density at radius 1 is 1.05 bits per heavy atom. The lowest BCUT2D eigenvalue weighted by Gasteiger charge is -2.33. The molecule has 0 saturated heterocycles. The van der Waals surface area contributed by atoms with Gasteiger partial charge in [0.05, 0.1) is 0 Å². The zero-order valence-corrected chi connectivity index (χ0v) is 13.4. The third-order valence-corrected chi connectivity index (χ3v) is 4.07. The van der Waals surface area contributed by atoms with Crippen molar-refractivity contribution in [1.29, 1.82) is 0 Å². The van der Waals surface area contributed by atoms with E-state index >= 15 is 0 Å². The predicted octanol–water partition coefficient (Wildman–Crippen LogP) is 3.30. The van der Waals surface area contributed by atoms with Gasteiger partial charge in [-0.25, -0.2) is 0 Å². The molecule has 2 nitrogen and oxygen atoms in total. The van der Waals surface area contributed by atoms with Gasteiger partial charge in [-0.2, -0.15) is 0 Å². The molecule has 0 atom stereocenters. The topological polar surface area (TPSA) is 38.0 Å². The SMILES string of the molecule is Cc1ccc(C(C)(C)CNC(C)(C)CCN)cc1C. The lowest BCUT2D eigenvalue weighted by molar-refractivity contribution is 0.325. The van der Waals surface area contributed by atoms with Crippen LogP contribution < -0.4 is 11.1 Å². The fourth-order valence-corrected chi connectivity index (χ4v) is 2.17. The first-order valence-electron chi connectivity index (χ1n) is 7.21. The number of hydrogen-bond donors (Lipinski definition) is 2. The molecule has 0 bridgehead atoms. The van der Waals surface area contributed by atoms with E-state index in [9.17, 15) is 0 Å². The van der Waals surface area contributed by atoms with Gasteiger partial charge in [0.15, 0.2) is 0 Å². The summed E-state index contributed by atoms with van der Waals surface area (Å²) in [4.78, 5) is 0. The minimum absolute atomic E-state index is 0.103. The highest BCUT2D eigenvalue weighted by Gasteiger charge is 2.24. The maximum Gasteiger partial charge on any atom is 0.0137 e. The van der Waals surface area contributed by atoms with Crippen LogP contribution in [-0.4, -0.2) is 18.6 Å². The summed E-state index contributed by atoms with van der Waals surface area (Å²) in [5, 5.41) is 3.65. The van der Waals surface area contributed by atoms with Crippen LogP contribution in [0, 0.1) is 13.8 Å². The number of aryl methyl sites for hydroxylation is 2. The Morgan fingerprint density at radius 2 is 1.68 bits per heavy atom. The fraction of sp³-hybridized carbons (Fsp3) is 0.647. The Bertz CT molecular complexity index is 419. The molecule has 0 saturated carbocycles. The maximum atomic E-state index is 5.66. The Kier molecular flexibility index (Phi) is 5.17. The third kappa shape index (κ3) is 4.63. The normalized spacial score (nSPS) is 12.8. The van der Waals surface area contributed by atoms with E-state index in [1.165, 1.54) is 16.7 Å². The molecule has 0 radical (unpaired) electrons. The predicted molar refractivity (Wildman–Crippen MR) is 84.7 cm³/mol. The molecule has 1 aromatic rings. The van der Waals surface area contributed by atoms with Crippen LogP contribution in [0.5, 0.6) is 0 Å². The van der Waals surface area contributed by atoms with Crippen LogP contribution in [0.15, 0.2) is 18.2 Å². The molecule has 0 aliphatic rings. The molecule has 0 unspecified atom stereocenters. The average Bonchev–Trinajstić information content (AvgIpc) is 2.30. The molecule has 0 aliphatic heterocycles. The van der Waals surface area contributed by atoms with Crippen molar-refractivity contribution < 1.29 is 0 Å². The Balaban J connectivity index is 2.77. The molecule has 3 N–H and O–H groups in total. The minimum atomic E-state index is 0.103. The van der Waals surface area contributed by atoms with Crippen LogP contribution in [0.1, 0.15) is 50.8 Å². The monoisotopic (exact) mass is 262 g/mol. The number of hydrogen-bond acceptors (Lipinski definition) is 2. The molecule has 0 fully saturated rings. The highest BCUT2D eigenvalue weighted by Crippen LogP contribution is 2.25. The molecular formula is C17H30N2. The molecule has 19 heavy (non-hydrogen) atoms. The molecule has 0 aromatic heterocycles. The van der Waals surface area contributed by atoms with Crippen molar-refractivity contribution in [2.24, 2.45) is 5.73 Å². The second-order valence-corrected chi connectivity index (χ2v) is 6.96. The molecule has 108 valence electrons. The van der Waals surface area contributed by atoms with Crippen LogP contribution in [0.3, 0.4) is 0 Å². The summed E-state index contributed by atoms with van der Waals surface area (Å²) in [5.41, 5.74) is 10.0. The van der Waals surface area contributed by atoms with Crippen molar-refractivity contribution in [3.63, 3.8) is 0 Å². The lowest BCUT2D eigenvalue weighted by Crippen LogP contribution is -2.46. The Morgan fingerprint density at radius 3 is 2.21 bits per heavy atom. The Hall–Kier alpha value is -0.860. The maximum absolute atomic E-state index is 5.66. The number of nitrogens with two attached hydrogens (primary N) is 1. The van der Waals surface area contributed by atoms with Crippen molar-refractivity contribution in [3.05, 3.63) is 34.9 Å². The van der Waals surface area contributed by atoms with Gasteiger partial charge in [-0.05, 0) is 57.4 Å². The second-order valence-electron chi connectivity index (χ2n) is 6.96. The molecule has 1 aromatic carbocycles. The smallest absolute Gasteiger partial charge is 0.0137 e. The largest absolute Gasteiger partial charge is 0.330 e. The number of nitrogens with one attached hydrogen (secondary N) is 1. The fourth-order valence-electron chi connectivity index (χ4n) is 2.17. The van der Waals surface area contributed by atoms with Gasteiger partial charge in [0, 0.05) is 17.5 Å². The number of rotatable bonds is 6. The summed E-state index contributed by atoms with van der Waals surface area (Å²) < 4.78 is 0. The van der Waals surface area contributed by atoms with Crippen LogP contribution in [0.4, 0.5) is 0 Å². The molecule has 0 amide bonds. The van der Waals surface area contributed by atoms with Gasteiger partial charge in [-0.3, -0.25) is 0 Å². The van der Waals surface area contributed by atoms with Crippen LogP contribution in [-0.2, 0) is 5.41 Å². The van der Waals surface area contributed by atoms with E-state index in [4.69, 9.17) is 5.73 Å². The third-order valence-electron chi connectivity index (χ3n) is 4.07. The first-order valence-corrected chi connectivity index (χ1v) is 7.21. The van der Waals surface area contributed by atoms with Gasteiger partial charge >= 0.3 is 0 Å². The van der Waals surface area contributed by atoms with Crippen molar-refractivity contribution >= 4 is 0 Å². The first-order chi connectivity index (χ1) is 8.68. The standard InChI is InChI=1S/C17H30N2/c1-13-7-8-15(11-14(13)2)16(3,4)12-19-17(5,6)9-10-18/h7-8,11,19H,9-10,12,18H2,1-6H3. The van der Waals surface area contributed by atoms with E-state index in [-0.39, 0.29) is 11.0 Å². The average molecular weight is 262 g/mol. The lowest BCUT2D eigenvalue weighted by atomic mass is 9.82. The summed E-state index contributed by atoms with van der Waals surface area (Å²) >= 11 is 0. The van der Waals surface area contributed by atoms with Gasteiger partial charge in [0.2, 0.25) is 0 Å². The Labute approximate surface area is 118 Å². The van der Waals surface area contributed by atoms with Crippen molar-refractivity contribution in [3.8, 4) is 0 Å². The van der Waals surface area contributed by atoms with Gasteiger partial charge in [0.1, 0.15) is 0 Å². The highest BCUT2D eigenvalue weighted by molar-refractivity contribution is 5.34. The minimum Gasteiger partial charge on any atom is -0.330 e. The summed E-state index contributed by atoms with van der Waals surface area (Å²) in [6, 6.07) is 6.78. The van der Waals surface area contributed by atoms with Crippen LogP contribution >= 0.6 is 0 Å². The van der Waals surface area contributed by atoms with Crippen molar-refractivity contribution in [1.82, 2.24) is 5.32 Å². The van der Waals surface area contributed by atoms with Crippen molar-refractivity contribution in [2.45, 2.75) is 58.9 Å².